The number of pyridine rings is 1. The van der Waals surface area contributed by atoms with Crippen molar-refractivity contribution in [3.63, 3.8) is 0 Å². The maximum atomic E-state index is 13.0. The molecule has 1 aliphatic heterocycles. The molecule has 1 amide bonds. The summed E-state index contributed by atoms with van der Waals surface area (Å²) in [6, 6.07) is 20.0. The molecule has 5 nitrogen and oxygen atoms in total. The molecule has 27 heavy (non-hydrogen) atoms. The van der Waals surface area contributed by atoms with Gasteiger partial charge in [0, 0.05) is 25.5 Å². The quantitative estimate of drug-likeness (QED) is 0.556. The third kappa shape index (κ3) is 2.72. The van der Waals surface area contributed by atoms with Crippen molar-refractivity contribution in [3.05, 3.63) is 78.6 Å². The minimum absolute atomic E-state index is 0.116. The Morgan fingerprint density at radius 2 is 1.67 bits per heavy atom. The van der Waals surface area contributed by atoms with Gasteiger partial charge in [0.15, 0.2) is 0 Å². The van der Waals surface area contributed by atoms with E-state index in [-0.39, 0.29) is 5.91 Å². The molecule has 0 spiro atoms. The number of carbonyl (C=O) groups excluding carboxylic acids is 1. The molecule has 1 saturated heterocycles. The first-order valence-electron chi connectivity index (χ1n) is 9.32. The van der Waals surface area contributed by atoms with Crippen LogP contribution in [-0.4, -0.2) is 38.1 Å². The summed E-state index contributed by atoms with van der Waals surface area (Å²) in [7, 11) is 0. The molecule has 1 aliphatic rings. The van der Waals surface area contributed by atoms with Crippen LogP contribution in [0.3, 0.4) is 0 Å². The van der Waals surface area contributed by atoms with Crippen LogP contribution < -0.4 is 0 Å². The zero-order valence-electron chi connectivity index (χ0n) is 15.0. The Hall–Kier alpha value is -3.34. The fourth-order valence-corrected chi connectivity index (χ4v) is 3.80. The van der Waals surface area contributed by atoms with Gasteiger partial charge in [0.25, 0.3) is 5.91 Å². The highest BCUT2D eigenvalue weighted by atomic mass is 16.2. The predicted octanol–water partition coefficient (Wildman–Crippen LogP) is 4.03. The molecule has 0 atom stereocenters. The van der Waals surface area contributed by atoms with Crippen LogP contribution >= 0.6 is 0 Å². The van der Waals surface area contributed by atoms with Crippen molar-refractivity contribution in [2.75, 3.05) is 13.1 Å². The standard InChI is InChI=1S/C22H20N4O/c27-22(24-12-6-7-13-24)18-16-21(25-14-5-4-10-20(18)25)19-11-15-26(23-19)17-8-2-1-3-9-17/h1-5,8-11,14-16H,6-7,12-13H2. The van der Waals surface area contributed by atoms with Gasteiger partial charge in [-0.15, -0.1) is 0 Å². The van der Waals surface area contributed by atoms with Crippen molar-refractivity contribution in [1.82, 2.24) is 19.1 Å². The van der Waals surface area contributed by atoms with Gasteiger partial charge < -0.3 is 9.30 Å². The largest absolute Gasteiger partial charge is 0.339 e. The molecule has 0 radical (unpaired) electrons. The summed E-state index contributed by atoms with van der Waals surface area (Å²) in [5.74, 6) is 0.116. The highest BCUT2D eigenvalue weighted by Crippen LogP contribution is 2.27. The van der Waals surface area contributed by atoms with Crippen molar-refractivity contribution >= 4 is 11.4 Å². The first kappa shape index (κ1) is 15.9. The summed E-state index contributed by atoms with van der Waals surface area (Å²) in [4.78, 5) is 15.0. The zero-order chi connectivity index (χ0) is 18.2. The average Bonchev–Trinajstić information content (AvgIpc) is 3.47. The molecule has 1 fully saturated rings. The highest BCUT2D eigenvalue weighted by Gasteiger charge is 2.24. The molecule has 0 saturated carbocycles. The minimum Gasteiger partial charge on any atom is -0.339 e. The Morgan fingerprint density at radius 3 is 2.48 bits per heavy atom. The number of benzene rings is 1. The first-order chi connectivity index (χ1) is 13.3. The second-order valence-electron chi connectivity index (χ2n) is 6.88. The van der Waals surface area contributed by atoms with E-state index in [4.69, 9.17) is 5.10 Å². The van der Waals surface area contributed by atoms with Crippen LogP contribution in [0.2, 0.25) is 0 Å². The van der Waals surface area contributed by atoms with Crippen LogP contribution in [0.5, 0.6) is 0 Å². The van der Waals surface area contributed by atoms with E-state index in [2.05, 4.69) is 4.40 Å². The normalized spacial score (nSPS) is 14.1. The van der Waals surface area contributed by atoms with Crippen molar-refractivity contribution in [1.29, 1.82) is 0 Å². The van der Waals surface area contributed by atoms with E-state index in [0.717, 1.165) is 54.1 Å². The van der Waals surface area contributed by atoms with Crippen LogP contribution in [0.4, 0.5) is 0 Å². The second kappa shape index (κ2) is 6.43. The lowest BCUT2D eigenvalue weighted by Gasteiger charge is -2.14. The molecule has 0 N–H and O–H groups in total. The summed E-state index contributed by atoms with van der Waals surface area (Å²) >= 11 is 0. The molecule has 0 unspecified atom stereocenters. The van der Waals surface area contributed by atoms with E-state index >= 15 is 0 Å². The second-order valence-corrected chi connectivity index (χ2v) is 6.88. The third-order valence-corrected chi connectivity index (χ3v) is 5.17. The lowest BCUT2D eigenvalue weighted by Crippen LogP contribution is -2.27. The maximum Gasteiger partial charge on any atom is 0.256 e. The van der Waals surface area contributed by atoms with E-state index in [1.807, 2.05) is 82.6 Å². The van der Waals surface area contributed by atoms with Gasteiger partial charge in [-0.05, 0) is 49.2 Å². The van der Waals surface area contributed by atoms with Gasteiger partial charge in [-0.1, -0.05) is 24.3 Å². The van der Waals surface area contributed by atoms with E-state index < -0.39 is 0 Å². The van der Waals surface area contributed by atoms with Crippen molar-refractivity contribution < 1.29 is 4.79 Å². The lowest BCUT2D eigenvalue weighted by atomic mass is 10.2. The molecular formula is C22H20N4O. The fraction of sp³-hybridized carbons (Fsp3) is 0.182. The summed E-state index contributed by atoms with van der Waals surface area (Å²) in [6.07, 6.45) is 6.12. The van der Waals surface area contributed by atoms with Crippen LogP contribution in [0.1, 0.15) is 23.2 Å². The molecule has 0 aliphatic carbocycles. The number of aromatic nitrogens is 3. The monoisotopic (exact) mass is 356 g/mol. The zero-order valence-corrected chi connectivity index (χ0v) is 15.0. The van der Waals surface area contributed by atoms with Gasteiger partial charge in [0.05, 0.1) is 22.5 Å². The number of nitrogens with zero attached hydrogens (tertiary/aromatic N) is 4. The maximum absolute atomic E-state index is 13.0. The summed E-state index contributed by atoms with van der Waals surface area (Å²) in [5.41, 5.74) is 4.47. The molecule has 3 aromatic heterocycles. The topological polar surface area (TPSA) is 42.5 Å². The van der Waals surface area contributed by atoms with Gasteiger partial charge in [-0.2, -0.15) is 5.10 Å². The highest BCUT2D eigenvalue weighted by molar-refractivity contribution is 6.02. The number of fused-ring (bicyclic) bond motifs is 1. The van der Waals surface area contributed by atoms with E-state index in [9.17, 15) is 4.79 Å². The molecule has 1 aromatic carbocycles. The Morgan fingerprint density at radius 1 is 0.889 bits per heavy atom. The Bertz CT molecular complexity index is 1100. The molecule has 0 bridgehead atoms. The predicted molar refractivity (Wildman–Crippen MR) is 105 cm³/mol. The number of hydrogen-bond acceptors (Lipinski definition) is 2. The minimum atomic E-state index is 0.116. The molecule has 4 aromatic rings. The molecule has 4 heterocycles. The summed E-state index contributed by atoms with van der Waals surface area (Å²) in [6.45, 7) is 1.70. The van der Waals surface area contributed by atoms with Gasteiger partial charge in [0.2, 0.25) is 0 Å². The lowest BCUT2D eigenvalue weighted by molar-refractivity contribution is 0.0795. The number of amides is 1. The first-order valence-corrected chi connectivity index (χ1v) is 9.32. The van der Waals surface area contributed by atoms with Crippen LogP contribution in [0.15, 0.2) is 73.1 Å². The van der Waals surface area contributed by atoms with Crippen molar-refractivity contribution in [3.8, 4) is 17.1 Å². The number of likely N-dealkylation sites (tertiary alicyclic amines) is 1. The van der Waals surface area contributed by atoms with Gasteiger partial charge in [-0.25, -0.2) is 4.68 Å². The fourth-order valence-electron chi connectivity index (χ4n) is 3.80. The van der Waals surface area contributed by atoms with E-state index in [1.54, 1.807) is 0 Å². The summed E-state index contributed by atoms with van der Waals surface area (Å²) in [5, 5.41) is 4.74. The average molecular weight is 356 g/mol. The number of rotatable bonds is 3. The van der Waals surface area contributed by atoms with E-state index in [1.165, 1.54) is 0 Å². The van der Waals surface area contributed by atoms with Gasteiger partial charge >= 0.3 is 0 Å². The van der Waals surface area contributed by atoms with Crippen LogP contribution in [0, 0.1) is 0 Å². The molecule has 5 heteroatoms. The van der Waals surface area contributed by atoms with Crippen molar-refractivity contribution in [2.45, 2.75) is 12.8 Å². The van der Waals surface area contributed by atoms with Crippen LogP contribution in [0.25, 0.3) is 22.6 Å². The SMILES string of the molecule is O=C(c1cc(-c2ccn(-c3ccccc3)n2)n2ccccc12)N1CCCC1. The smallest absolute Gasteiger partial charge is 0.256 e. The molecule has 5 rings (SSSR count). The van der Waals surface area contributed by atoms with Gasteiger partial charge in [-0.3, -0.25) is 4.79 Å². The number of para-hydroxylation sites is 1. The molecule has 134 valence electrons. The Balaban J connectivity index is 1.60. The summed E-state index contributed by atoms with van der Waals surface area (Å²) < 4.78 is 3.92. The number of carbonyl (C=O) groups is 1. The van der Waals surface area contributed by atoms with Crippen molar-refractivity contribution in [2.24, 2.45) is 0 Å². The Labute approximate surface area is 157 Å². The van der Waals surface area contributed by atoms with Gasteiger partial charge in [0.1, 0.15) is 5.69 Å². The van der Waals surface area contributed by atoms with E-state index in [0.29, 0.717) is 0 Å². The third-order valence-electron chi connectivity index (χ3n) is 5.17. The number of hydrogen-bond donors (Lipinski definition) is 0. The Kier molecular flexibility index (Phi) is 3.78. The molecular weight excluding hydrogens is 336 g/mol. The van der Waals surface area contributed by atoms with Crippen LogP contribution in [-0.2, 0) is 0 Å².